The fourth-order valence-corrected chi connectivity index (χ4v) is 2.47. The number of rotatable bonds is 1. The summed E-state index contributed by atoms with van der Waals surface area (Å²) in [7, 11) is 0. The van der Waals surface area contributed by atoms with Gasteiger partial charge in [-0.15, -0.1) is 0 Å². The molecule has 2 rings (SSSR count). The molecule has 0 spiro atoms. The van der Waals surface area contributed by atoms with Gasteiger partial charge in [0.25, 0.3) is 0 Å². The SMILES string of the molecule is O=C(O)[C@@]12CCCN1C[C@H](O)C2. The highest BCUT2D eigenvalue weighted by Crippen LogP contribution is 2.38. The molecule has 2 aliphatic heterocycles. The first-order chi connectivity index (χ1) is 5.65. The van der Waals surface area contributed by atoms with Gasteiger partial charge in [-0.3, -0.25) is 9.69 Å². The predicted octanol–water partition coefficient (Wildman–Crippen LogP) is -0.330. The van der Waals surface area contributed by atoms with Crippen LogP contribution in [0.15, 0.2) is 0 Å². The van der Waals surface area contributed by atoms with Crippen molar-refractivity contribution in [3.05, 3.63) is 0 Å². The molecular weight excluding hydrogens is 158 g/mol. The maximum absolute atomic E-state index is 11.0. The first-order valence-electron chi connectivity index (χ1n) is 4.32. The number of aliphatic hydroxyl groups excluding tert-OH is 1. The van der Waals surface area contributed by atoms with Crippen LogP contribution in [0.25, 0.3) is 0 Å². The van der Waals surface area contributed by atoms with Gasteiger partial charge < -0.3 is 10.2 Å². The van der Waals surface area contributed by atoms with E-state index in [2.05, 4.69) is 0 Å². The number of carbonyl (C=O) groups is 1. The predicted molar refractivity (Wildman–Crippen MR) is 41.8 cm³/mol. The Balaban J connectivity index is 2.26. The van der Waals surface area contributed by atoms with Gasteiger partial charge in [-0.25, -0.2) is 0 Å². The quantitative estimate of drug-likeness (QED) is 0.567. The van der Waals surface area contributed by atoms with Gasteiger partial charge in [-0.2, -0.15) is 0 Å². The van der Waals surface area contributed by atoms with E-state index in [1.54, 1.807) is 0 Å². The van der Waals surface area contributed by atoms with Gasteiger partial charge >= 0.3 is 5.97 Å². The minimum atomic E-state index is -0.767. The van der Waals surface area contributed by atoms with Crippen molar-refractivity contribution in [2.75, 3.05) is 13.1 Å². The van der Waals surface area contributed by atoms with Crippen LogP contribution >= 0.6 is 0 Å². The van der Waals surface area contributed by atoms with Crippen LogP contribution in [-0.4, -0.2) is 45.8 Å². The molecule has 2 atom stereocenters. The van der Waals surface area contributed by atoms with Crippen LogP contribution in [0, 0.1) is 0 Å². The van der Waals surface area contributed by atoms with Crippen molar-refractivity contribution in [3.63, 3.8) is 0 Å². The summed E-state index contributed by atoms with van der Waals surface area (Å²) in [4.78, 5) is 12.9. The van der Waals surface area contributed by atoms with Crippen LogP contribution in [0.4, 0.5) is 0 Å². The summed E-state index contributed by atoms with van der Waals surface area (Å²) < 4.78 is 0. The average Bonchev–Trinajstić information content (AvgIpc) is 2.42. The monoisotopic (exact) mass is 171 g/mol. The van der Waals surface area contributed by atoms with Crippen molar-refractivity contribution < 1.29 is 15.0 Å². The van der Waals surface area contributed by atoms with Crippen molar-refractivity contribution in [3.8, 4) is 0 Å². The first-order valence-corrected chi connectivity index (χ1v) is 4.32. The standard InChI is InChI=1S/C8H13NO3/c10-6-4-8(7(11)12)2-1-3-9(8)5-6/h6,10H,1-5H2,(H,11,12)/t6-,8+/m1/s1. The van der Waals surface area contributed by atoms with Gasteiger partial charge in [0.15, 0.2) is 0 Å². The molecule has 0 unspecified atom stereocenters. The van der Waals surface area contributed by atoms with E-state index in [4.69, 9.17) is 5.11 Å². The van der Waals surface area contributed by atoms with E-state index >= 15 is 0 Å². The Kier molecular flexibility index (Phi) is 1.63. The van der Waals surface area contributed by atoms with Crippen molar-refractivity contribution in [2.24, 2.45) is 0 Å². The first kappa shape index (κ1) is 8.01. The minimum absolute atomic E-state index is 0.405. The van der Waals surface area contributed by atoms with E-state index in [1.165, 1.54) is 0 Å². The third-order valence-corrected chi connectivity index (χ3v) is 3.03. The Bertz CT molecular complexity index is 218. The van der Waals surface area contributed by atoms with Crippen LogP contribution in [0.2, 0.25) is 0 Å². The fourth-order valence-electron chi connectivity index (χ4n) is 2.47. The summed E-state index contributed by atoms with van der Waals surface area (Å²) in [5.41, 5.74) is -0.723. The molecule has 68 valence electrons. The summed E-state index contributed by atoms with van der Waals surface area (Å²) in [5.74, 6) is -0.767. The summed E-state index contributed by atoms with van der Waals surface area (Å²) in [6, 6.07) is 0. The highest BCUT2D eigenvalue weighted by molar-refractivity contribution is 5.79. The maximum Gasteiger partial charge on any atom is 0.324 e. The number of β-amino-alcohol motifs (C(OH)–C–C–N with tert-alkyl or cyclic N) is 1. The lowest BCUT2D eigenvalue weighted by atomic mass is 9.94. The highest BCUT2D eigenvalue weighted by Gasteiger charge is 2.53. The molecule has 2 fully saturated rings. The van der Waals surface area contributed by atoms with E-state index in [0.717, 1.165) is 13.0 Å². The maximum atomic E-state index is 11.0. The van der Waals surface area contributed by atoms with Gasteiger partial charge in [0.05, 0.1) is 6.10 Å². The average molecular weight is 171 g/mol. The van der Waals surface area contributed by atoms with E-state index in [9.17, 15) is 9.90 Å². The van der Waals surface area contributed by atoms with Gasteiger partial charge in [0.2, 0.25) is 0 Å². The zero-order valence-corrected chi connectivity index (χ0v) is 6.86. The lowest BCUT2D eigenvalue weighted by Crippen LogP contribution is -2.45. The Hall–Kier alpha value is -0.610. The smallest absolute Gasteiger partial charge is 0.324 e. The van der Waals surface area contributed by atoms with Crippen molar-refractivity contribution in [2.45, 2.75) is 30.9 Å². The second kappa shape index (κ2) is 2.44. The van der Waals surface area contributed by atoms with Gasteiger partial charge in [-0.05, 0) is 19.4 Å². The molecular formula is C8H13NO3. The molecule has 0 saturated carbocycles. The Morgan fingerprint density at radius 1 is 1.58 bits per heavy atom. The molecule has 0 radical (unpaired) electrons. The van der Waals surface area contributed by atoms with E-state index < -0.39 is 17.6 Å². The van der Waals surface area contributed by atoms with Crippen LogP contribution in [0.1, 0.15) is 19.3 Å². The molecule has 0 bridgehead atoms. The third kappa shape index (κ3) is 0.881. The number of aliphatic carboxylic acids is 1. The molecule has 2 aliphatic rings. The number of carboxylic acid groups (broad SMARTS) is 1. The summed E-state index contributed by atoms with van der Waals surface area (Å²) in [6.45, 7) is 1.36. The highest BCUT2D eigenvalue weighted by atomic mass is 16.4. The fraction of sp³-hybridized carbons (Fsp3) is 0.875. The van der Waals surface area contributed by atoms with Crippen LogP contribution in [0.5, 0.6) is 0 Å². The molecule has 12 heavy (non-hydrogen) atoms. The summed E-state index contributed by atoms with van der Waals surface area (Å²) in [6.07, 6.45) is 1.60. The van der Waals surface area contributed by atoms with Crippen molar-refractivity contribution >= 4 is 5.97 Å². The van der Waals surface area contributed by atoms with Crippen LogP contribution in [0.3, 0.4) is 0 Å². The van der Waals surface area contributed by atoms with E-state index in [1.807, 2.05) is 4.90 Å². The minimum Gasteiger partial charge on any atom is -0.480 e. The van der Waals surface area contributed by atoms with Crippen LogP contribution < -0.4 is 0 Å². The number of aliphatic hydroxyl groups is 1. The second-order valence-electron chi connectivity index (χ2n) is 3.74. The van der Waals surface area contributed by atoms with E-state index in [0.29, 0.717) is 19.4 Å². The molecule has 0 aromatic rings. The van der Waals surface area contributed by atoms with Crippen molar-refractivity contribution in [1.29, 1.82) is 0 Å². The molecule has 0 amide bonds. The number of fused-ring (bicyclic) bond motifs is 1. The van der Waals surface area contributed by atoms with Gasteiger partial charge in [-0.1, -0.05) is 0 Å². The van der Waals surface area contributed by atoms with Gasteiger partial charge in [0.1, 0.15) is 5.54 Å². The molecule has 2 heterocycles. The number of nitrogens with zero attached hydrogens (tertiary/aromatic N) is 1. The zero-order chi connectivity index (χ0) is 8.77. The summed E-state index contributed by atoms with van der Waals surface area (Å²) in [5, 5.41) is 18.4. The molecule has 4 heteroatoms. The lowest BCUT2D eigenvalue weighted by molar-refractivity contribution is -0.148. The third-order valence-electron chi connectivity index (χ3n) is 3.03. The molecule has 4 nitrogen and oxygen atoms in total. The summed E-state index contributed by atoms with van der Waals surface area (Å²) >= 11 is 0. The molecule has 0 aliphatic carbocycles. The Morgan fingerprint density at radius 2 is 2.33 bits per heavy atom. The van der Waals surface area contributed by atoms with Gasteiger partial charge in [0, 0.05) is 13.0 Å². The molecule has 2 N–H and O–H groups in total. The second-order valence-corrected chi connectivity index (χ2v) is 3.74. The molecule has 0 aromatic carbocycles. The Morgan fingerprint density at radius 3 is 2.92 bits per heavy atom. The van der Waals surface area contributed by atoms with Crippen LogP contribution in [-0.2, 0) is 4.79 Å². The van der Waals surface area contributed by atoms with Crippen molar-refractivity contribution in [1.82, 2.24) is 4.90 Å². The lowest BCUT2D eigenvalue weighted by Gasteiger charge is -2.26. The Labute approximate surface area is 70.8 Å². The molecule has 2 saturated heterocycles. The topological polar surface area (TPSA) is 60.8 Å². The molecule has 0 aromatic heterocycles. The number of hydrogen-bond donors (Lipinski definition) is 2. The number of carboxylic acids is 1. The van der Waals surface area contributed by atoms with E-state index in [-0.39, 0.29) is 0 Å². The number of hydrogen-bond acceptors (Lipinski definition) is 3. The largest absolute Gasteiger partial charge is 0.480 e. The zero-order valence-electron chi connectivity index (χ0n) is 6.86. The normalized spacial score (nSPS) is 41.6.